The number of nitrogens with two attached hydrogens (primary N) is 1. The van der Waals surface area contributed by atoms with Crippen LogP contribution in [0.1, 0.15) is 30.9 Å². The summed E-state index contributed by atoms with van der Waals surface area (Å²) in [5.74, 6) is 0.691. The Morgan fingerprint density at radius 1 is 1.20 bits per heavy atom. The van der Waals surface area contributed by atoms with E-state index in [4.69, 9.17) is 28.9 Å². The van der Waals surface area contributed by atoms with E-state index >= 15 is 0 Å². The van der Waals surface area contributed by atoms with Gasteiger partial charge >= 0.3 is 0 Å². The van der Waals surface area contributed by atoms with Crippen molar-refractivity contribution in [2.75, 3.05) is 33.2 Å². The fourth-order valence-electron chi connectivity index (χ4n) is 3.95. The smallest absolute Gasteiger partial charge is 0.227 e. The van der Waals surface area contributed by atoms with Crippen LogP contribution >= 0.6 is 23.2 Å². The van der Waals surface area contributed by atoms with Crippen molar-refractivity contribution in [3.63, 3.8) is 0 Å². The van der Waals surface area contributed by atoms with Gasteiger partial charge in [0.1, 0.15) is 5.75 Å². The van der Waals surface area contributed by atoms with Gasteiger partial charge in [-0.2, -0.15) is 0 Å². The van der Waals surface area contributed by atoms with Gasteiger partial charge < -0.3 is 20.6 Å². The molecule has 7 heteroatoms. The first-order valence-corrected chi connectivity index (χ1v) is 9.53. The number of piperidine rings is 1. The minimum absolute atomic E-state index is 0.0781. The average Bonchev–Trinajstić information content (AvgIpc) is 3.03. The molecule has 2 aliphatic heterocycles. The maximum atomic E-state index is 12.6. The van der Waals surface area contributed by atoms with Crippen LogP contribution in [0.3, 0.4) is 0 Å². The number of carbonyl (C=O) groups is 1. The summed E-state index contributed by atoms with van der Waals surface area (Å²) >= 11 is 12.0. The normalized spacial score (nSPS) is 23.8. The molecule has 0 bridgehead atoms. The standard InChI is InChI=1S/C18H25Cl2N3O2/c1-22-5-2-12(10-22)18(25)23-6-3-11(4-7-23)17(21)13-8-14(19)15(20)9-16(13)24/h8-9,11-12,17,24H,2-7,10,21H2,1H3/t12?,17-/m1/s1. The van der Waals surface area contributed by atoms with Crippen molar-refractivity contribution < 1.29 is 9.90 Å². The van der Waals surface area contributed by atoms with Crippen LogP contribution in [-0.4, -0.2) is 54.0 Å². The molecule has 3 rings (SSSR count). The highest BCUT2D eigenvalue weighted by Crippen LogP contribution is 2.38. The van der Waals surface area contributed by atoms with Gasteiger partial charge in [-0.05, 0) is 44.8 Å². The van der Waals surface area contributed by atoms with Crippen LogP contribution in [0.5, 0.6) is 5.75 Å². The van der Waals surface area contributed by atoms with Gasteiger partial charge in [-0.3, -0.25) is 4.79 Å². The number of benzene rings is 1. The predicted molar refractivity (Wildman–Crippen MR) is 100.0 cm³/mol. The number of nitrogens with zero attached hydrogens (tertiary/aromatic N) is 2. The zero-order valence-corrected chi connectivity index (χ0v) is 15.9. The van der Waals surface area contributed by atoms with Gasteiger partial charge in [-0.15, -0.1) is 0 Å². The highest BCUT2D eigenvalue weighted by Gasteiger charge is 2.33. The molecule has 2 saturated heterocycles. The number of hydrogen-bond donors (Lipinski definition) is 2. The van der Waals surface area contributed by atoms with Gasteiger partial charge in [0.05, 0.1) is 16.0 Å². The molecule has 0 radical (unpaired) electrons. The third-order valence-corrected chi connectivity index (χ3v) is 6.25. The van der Waals surface area contributed by atoms with Crippen LogP contribution < -0.4 is 5.73 Å². The number of phenolic OH excluding ortho intramolecular Hbond substituents is 1. The second-order valence-corrected chi connectivity index (χ2v) is 8.08. The van der Waals surface area contributed by atoms with E-state index in [1.165, 1.54) is 6.07 Å². The molecule has 1 aromatic carbocycles. The number of carbonyl (C=O) groups excluding carboxylic acids is 1. The molecule has 1 amide bonds. The molecule has 0 aliphatic carbocycles. The van der Waals surface area contributed by atoms with Crippen LogP contribution in [0.4, 0.5) is 0 Å². The maximum Gasteiger partial charge on any atom is 0.227 e. The molecular formula is C18H25Cl2N3O2. The Morgan fingerprint density at radius 3 is 2.44 bits per heavy atom. The molecule has 5 nitrogen and oxygen atoms in total. The molecule has 25 heavy (non-hydrogen) atoms. The van der Waals surface area contributed by atoms with E-state index in [-0.39, 0.29) is 29.5 Å². The van der Waals surface area contributed by atoms with Crippen molar-refractivity contribution in [2.24, 2.45) is 17.6 Å². The third-order valence-electron chi connectivity index (χ3n) is 5.53. The molecule has 1 aromatic rings. The van der Waals surface area contributed by atoms with E-state index in [9.17, 15) is 9.90 Å². The van der Waals surface area contributed by atoms with Crippen LogP contribution in [0.2, 0.25) is 10.0 Å². The summed E-state index contributed by atoms with van der Waals surface area (Å²) in [6.07, 6.45) is 2.61. The lowest BCUT2D eigenvalue weighted by Gasteiger charge is -2.36. The molecule has 0 saturated carbocycles. The molecule has 2 heterocycles. The number of aromatic hydroxyl groups is 1. The molecule has 1 unspecified atom stereocenters. The molecule has 2 fully saturated rings. The SMILES string of the molecule is CN1CCC(C(=O)N2CCC([C@@H](N)c3cc(Cl)c(Cl)cc3O)CC2)C1. The Balaban J connectivity index is 1.60. The number of hydrogen-bond acceptors (Lipinski definition) is 4. The minimum atomic E-state index is -0.315. The second-order valence-electron chi connectivity index (χ2n) is 7.26. The molecular weight excluding hydrogens is 361 g/mol. The largest absolute Gasteiger partial charge is 0.508 e. The number of amides is 1. The van der Waals surface area contributed by atoms with E-state index in [1.807, 2.05) is 4.90 Å². The van der Waals surface area contributed by atoms with Gasteiger partial charge in [0.25, 0.3) is 0 Å². The first-order valence-electron chi connectivity index (χ1n) is 8.77. The lowest BCUT2D eigenvalue weighted by molar-refractivity contribution is -0.136. The van der Waals surface area contributed by atoms with Crippen molar-refractivity contribution in [2.45, 2.75) is 25.3 Å². The highest BCUT2D eigenvalue weighted by atomic mass is 35.5. The molecule has 138 valence electrons. The lowest BCUT2D eigenvalue weighted by atomic mass is 9.85. The Bertz CT molecular complexity index is 647. The van der Waals surface area contributed by atoms with Crippen molar-refractivity contribution in [1.82, 2.24) is 9.80 Å². The van der Waals surface area contributed by atoms with Gasteiger partial charge in [0.15, 0.2) is 0 Å². The molecule has 0 aromatic heterocycles. The van der Waals surface area contributed by atoms with Crippen LogP contribution in [0, 0.1) is 11.8 Å². The fraction of sp³-hybridized carbons (Fsp3) is 0.611. The second kappa shape index (κ2) is 7.70. The monoisotopic (exact) mass is 385 g/mol. The van der Waals surface area contributed by atoms with Crippen molar-refractivity contribution >= 4 is 29.1 Å². The van der Waals surface area contributed by atoms with Crippen LogP contribution in [-0.2, 0) is 4.79 Å². The van der Waals surface area contributed by atoms with E-state index in [2.05, 4.69) is 11.9 Å². The Kier molecular flexibility index (Phi) is 5.78. The van der Waals surface area contributed by atoms with Gasteiger partial charge in [-0.1, -0.05) is 23.2 Å². The van der Waals surface area contributed by atoms with Crippen molar-refractivity contribution in [3.8, 4) is 5.75 Å². The first kappa shape index (κ1) is 18.8. The van der Waals surface area contributed by atoms with E-state index in [1.54, 1.807) is 6.07 Å². The topological polar surface area (TPSA) is 69.8 Å². The summed E-state index contributed by atoms with van der Waals surface area (Å²) in [5.41, 5.74) is 7.00. The summed E-state index contributed by atoms with van der Waals surface area (Å²) in [6.45, 7) is 3.29. The van der Waals surface area contributed by atoms with Gasteiger partial charge in [-0.25, -0.2) is 0 Å². The zero-order valence-electron chi connectivity index (χ0n) is 14.4. The first-order chi connectivity index (χ1) is 11.9. The van der Waals surface area contributed by atoms with E-state index < -0.39 is 0 Å². The molecule has 0 spiro atoms. The Hall–Kier alpha value is -1.01. The van der Waals surface area contributed by atoms with Crippen LogP contribution in [0.25, 0.3) is 0 Å². The molecule has 2 atom stereocenters. The average molecular weight is 386 g/mol. The zero-order chi connectivity index (χ0) is 18.1. The van der Waals surface area contributed by atoms with Crippen molar-refractivity contribution in [3.05, 3.63) is 27.7 Å². The summed E-state index contributed by atoms with van der Waals surface area (Å²) in [4.78, 5) is 16.8. The number of phenols is 1. The Morgan fingerprint density at radius 2 is 1.84 bits per heavy atom. The van der Waals surface area contributed by atoms with Crippen LogP contribution in [0.15, 0.2) is 12.1 Å². The summed E-state index contributed by atoms with van der Waals surface area (Å²) in [7, 11) is 2.06. The minimum Gasteiger partial charge on any atom is -0.508 e. The van der Waals surface area contributed by atoms with E-state index in [0.29, 0.717) is 15.6 Å². The summed E-state index contributed by atoms with van der Waals surface area (Å²) in [5, 5.41) is 10.8. The van der Waals surface area contributed by atoms with E-state index in [0.717, 1.165) is 45.4 Å². The lowest BCUT2D eigenvalue weighted by Crippen LogP contribution is -2.44. The highest BCUT2D eigenvalue weighted by molar-refractivity contribution is 6.42. The fourth-order valence-corrected chi connectivity index (χ4v) is 4.28. The predicted octanol–water partition coefficient (Wildman–Crippen LogP) is 2.89. The van der Waals surface area contributed by atoms with Crippen molar-refractivity contribution in [1.29, 1.82) is 0 Å². The number of likely N-dealkylation sites (tertiary alicyclic amines) is 2. The molecule has 3 N–H and O–H groups in total. The summed E-state index contributed by atoms with van der Waals surface area (Å²) in [6, 6.07) is 2.77. The number of halogens is 2. The van der Waals surface area contributed by atoms with Gasteiger partial charge in [0.2, 0.25) is 5.91 Å². The summed E-state index contributed by atoms with van der Waals surface area (Å²) < 4.78 is 0. The molecule has 2 aliphatic rings. The Labute approximate surface area is 158 Å². The van der Waals surface area contributed by atoms with Gasteiger partial charge in [0, 0.05) is 37.3 Å². The number of rotatable bonds is 3. The third kappa shape index (κ3) is 4.05. The quantitative estimate of drug-likeness (QED) is 0.838. The maximum absolute atomic E-state index is 12.6.